The lowest BCUT2D eigenvalue weighted by Crippen LogP contribution is -2.39. The minimum atomic E-state index is -0.0429. The lowest BCUT2D eigenvalue weighted by molar-refractivity contribution is -0.0113. The highest BCUT2D eigenvalue weighted by molar-refractivity contribution is 5.16. The number of hydrogen-bond acceptors (Lipinski definition) is 5. The van der Waals surface area contributed by atoms with E-state index in [1.54, 1.807) is 0 Å². The van der Waals surface area contributed by atoms with Gasteiger partial charge in [0.05, 0.1) is 23.5 Å². The molecular formula is C17H25N5O. The largest absolute Gasteiger partial charge is 0.372 e. The van der Waals surface area contributed by atoms with E-state index >= 15 is 0 Å². The summed E-state index contributed by atoms with van der Waals surface area (Å²) in [6.07, 6.45) is 7.90. The molecule has 0 radical (unpaired) electrons. The maximum atomic E-state index is 5.99. The van der Waals surface area contributed by atoms with Gasteiger partial charge in [0.2, 0.25) is 0 Å². The fraction of sp³-hybridized carbons (Fsp3) is 0.588. The summed E-state index contributed by atoms with van der Waals surface area (Å²) in [4.78, 5) is 4.09. The van der Waals surface area contributed by atoms with Gasteiger partial charge in [-0.25, -0.2) is 4.68 Å². The molecule has 0 aromatic carbocycles. The Kier molecular flexibility index (Phi) is 4.73. The third-order valence-corrected chi connectivity index (χ3v) is 4.13. The highest BCUT2D eigenvalue weighted by atomic mass is 16.5. The monoisotopic (exact) mass is 315 g/mol. The van der Waals surface area contributed by atoms with Crippen molar-refractivity contribution in [2.24, 2.45) is 0 Å². The molecule has 2 atom stereocenters. The summed E-state index contributed by atoms with van der Waals surface area (Å²) in [5.41, 5.74) is 2.09. The molecule has 1 aliphatic heterocycles. The van der Waals surface area contributed by atoms with Crippen molar-refractivity contribution in [3.05, 3.63) is 42.0 Å². The van der Waals surface area contributed by atoms with Crippen LogP contribution in [0.5, 0.6) is 0 Å². The number of nitrogens with one attached hydrogen (secondary N) is 1. The zero-order chi connectivity index (χ0) is 16.3. The molecular weight excluding hydrogens is 290 g/mol. The third-order valence-electron chi connectivity index (χ3n) is 4.13. The molecule has 1 aliphatic rings. The molecule has 2 aromatic heterocycles. The van der Waals surface area contributed by atoms with Crippen LogP contribution >= 0.6 is 0 Å². The van der Waals surface area contributed by atoms with Gasteiger partial charge in [-0.3, -0.25) is 4.98 Å². The number of hydrogen-bond donors (Lipinski definition) is 1. The van der Waals surface area contributed by atoms with E-state index in [0.717, 1.165) is 25.1 Å². The Hall–Kier alpha value is -1.79. The van der Waals surface area contributed by atoms with Crippen LogP contribution in [0.15, 0.2) is 30.7 Å². The molecule has 6 heteroatoms. The van der Waals surface area contributed by atoms with Gasteiger partial charge in [0.15, 0.2) is 0 Å². The van der Waals surface area contributed by atoms with Gasteiger partial charge in [-0.1, -0.05) is 5.21 Å². The molecule has 3 heterocycles. The number of rotatable bonds is 4. The van der Waals surface area contributed by atoms with E-state index in [4.69, 9.17) is 4.74 Å². The Morgan fingerprint density at radius 3 is 2.78 bits per heavy atom. The summed E-state index contributed by atoms with van der Waals surface area (Å²) in [6, 6.07) is 4.34. The molecule has 0 amide bonds. The number of pyridine rings is 1. The minimum absolute atomic E-state index is 0.0429. The van der Waals surface area contributed by atoms with Gasteiger partial charge in [-0.05, 0) is 51.3 Å². The smallest absolute Gasteiger partial charge is 0.0978 e. The molecule has 124 valence electrons. The standard InChI is InChI=1S/C17H25N5O/c1-17(2,3)22-12-14(20-21-22)11-19-15-5-4-10-23-16(15)13-6-8-18-9-7-13/h6-9,12,15-16,19H,4-5,10-11H2,1-3H3/t15-,16+/m0/s1. The van der Waals surface area contributed by atoms with Crippen molar-refractivity contribution in [2.45, 2.75) is 57.8 Å². The molecule has 1 N–H and O–H groups in total. The van der Waals surface area contributed by atoms with Gasteiger partial charge >= 0.3 is 0 Å². The second-order valence-electron chi connectivity index (χ2n) is 7.03. The first-order chi connectivity index (χ1) is 11.0. The topological polar surface area (TPSA) is 64.9 Å². The second kappa shape index (κ2) is 6.76. The predicted molar refractivity (Wildman–Crippen MR) is 87.8 cm³/mol. The van der Waals surface area contributed by atoms with Gasteiger partial charge < -0.3 is 10.1 Å². The summed E-state index contributed by atoms with van der Waals surface area (Å²) >= 11 is 0. The van der Waals surface area contributed by atoms with Crippen LogP contribution in [0, 0.1) is 0 Å². The van der Waals surface area contributed by atoms with Gasteiger partial charge in [-0.15, -0.1) is 5.10 Å². The molecule has 6 nitrogen and oxygen atoms in total. The van der Waals surface area contributed by atoms with Crippen molar-refractivity contribution in [1.82, 2.24) is 25.3 Å². The maximum Gasteiger partial charge on any atom is 0.0978 e. The van der Waals surface area contributed by atoms with Crippen molar-refractivity contribution >= 4 is 0 Å². The summed E-state index contributed by atoms with van der Waals surface area (Å²) in [7, 11) is 0. The maximum absolute atomic E-state index is 5.99. The van der Waals surface area contributed by atoms with Crippen LogP contribution in [0.2, 0.25) is 0 Å². The van der Waals surface area contributed by atoms with Crippen molar-refractivity contribution in [1.29, 1.82) is 0 Å². The van der Waals surface area contributed by atoms with Crippen LogP contribution in [-0.4, -0.2) is 32.6 Å². The van der Waals surface area contributed by atoms with E-state index in [1.165, 1.54) is 5.56 Å². The van der Waals surface area contributed by atoms with Crippen LogP contribution in [0.1, 0.15) is 51.0 Å². The molecule has 1 fully saturated rings. The summed E-state index contributed by atoms with van der Waals surface area (Å²) in [5.74, 6) is 0. The average molecular weight is 315 g/mol. The van der Waals surface area contributed by atoms with Crippen LogP contribution in [-0.2, 0) is 16.8 Å². The molecule has 0 aliphatic carbocycles. The molecule has 0 bridgehead atoms. The van der Waals surface area contributed by atoms with Crippen LogP contribution < -0.4 is 5.32 Å². The fourth-order valence-electron chi connectivity index (χ4n) is 2.81. The van der Waals surface area contributed by atoms with Crippen LogP contribution in [0.4, 0.5) is 0 Å². The van der Waals surface area contributed by atoms with E-state index < -0.39 is 0 Å². The predicted octanol–water partition coefficient (Wildman–Crippen LogP) is 2.44. The first-order valence-electron chi connectivity index (χ1n) is 8.20. The fourth-order valence-corrected chi connectivity index (χ4v) is 2.81. The minimum Gasteiger partial charge on any atom is -0.372 e. The molecule has 3 rings (SSSR count). The van der Waals surface area contributed by atoms with Gasteiger partial charge in [0, 0.05) is 31.6 Å². The quantitative estimate of drug-likeness (QED) is 0.939. The van der Waals surface area contributed by atoms with Crippen molar-refractivity contribution in [3.63, 3.8) is 0 Å². The molecule has 0 unspecified atom stereocenters. The highest BCUT2D eigenvalue weighted by Gasteiger charge is 2.27. The van der Waals surface area contributed by atoms with Gasteiger partial charge in [0.1, 0.15) is 0 Å². The normalized spacial score (nSPS) is 22.2. The molecule has 0 saturated carbocycles. The number of ether oxygens (including phenoxy) is 1. The Morgan fingerprint density at radius 2 is 2.09 bits per heavy atom. The van der Waals surface area contributed by atoms with Crippen molar-refractivity contribution in [2.75, 3.05) is 6.61 Å². The summed E-state index contributed by atoms with van der Waals surface area (Å²) in [6.45, 7) is 7.87. The highest BCUT2D eigenvalue weighted by Crippen LogP contribution is 2.28. The van der Waals surface area contributed by atoms with Gasteiger partial charge in [-0.2, -0.15) is 0 Å². The van der Waals surface area contributed by atoms with E-state index in [0.29, 0.717) is 6.54 Å². The van der Waals surface area contributed by atoms with E-state index in [1.807, 2.05) is 35.4 Å². The van der Waals surface area contributed by atoms with Crippen molar-refractivity contribution < 1.29 is 4.74 Å². The summed E-state index contributed by atoms with van der Waals surface area (Å²) < 4.78 is 7.90. The van der Waals surface area contributed by atoms with Crippen LogP contribution in [0.3, 0.4) is 0 Å². The lowest BCUT2D eigenvalue weighted by Gasteiger charge is -2.32. The zero-order valence-electron chi connectivity index (χ0n) is 14.1. The van der Waals surface area contributed by atoms with Gasteiger partial charge in [0.25, 0.3) is 0 Å². The molecule has 2 aromatic rings. The second-order valence-corrected chi connectivity index (χ2v) is 7.03. The SMILES string of the molecule is CC(C)(C)n1cc(CN[C@H]2CCCO[C@@H]2c2ccncc2)nn1. The third kappa shape index (κ3) is 3.95. The molecule has 0 spiro atoms. The Balaban J connectivity index is 1.65. The molecule has 1 saturated heterocycles. The first kappa shape index (κ1) is 16.1. The Bertz CT molecular complexity index is 619. The first-order valence-corrected chi connectivity index (χ1v) is 8.20. The van der Waals surface area contributed by atoms with Crippen LogP contribution in [0.25, 0.3) is 0 Å². The zero-order valence-corrected chi connectivity index (χ0v) is 14.1. The Labute approximate surface area is 137 Å². The lowest BCUT2D eigenvalue weighted by atomic mass is 9.96. The average Bonchev–Trinajstić information content (AvgIpc) is 3.03. The number of aromatic nitrogens is 4. The van der Waals surface area contributed by atoms with Crippen molar-refractivity contribution in [3.8, 4) is 0 Å². The van der Waals surface area contributed by atoms with E-state index in [2.05, 4.69) is 41.4 Å². The number of nitrogens with zero attached hydrogens (tertiary/aromatic N) is 4. The summed E-state index contributed by atoms with van der Waals surface area (Å²) in [5, 5.41) is 12.1. The van der Waals surface area contributed by atoms with E-state index in [9.17, 15) is 0 Å². The van der Waals surface area contributed by atoms with E-state index in [-0.39, 0.29) is 17.7 Å². The molecule has 23 heavy (non-hydrogen) atoms. The Morgan fingerprint density at radius 1 is 1.30 bits per heavy atom.